The first-order chi connectivity index (χ1) is 17.6. The molecule has 9 heteroatoms. The fourth-order valence-electron chi connectivity index (χ4n) is 4.70. The van der Waals surface area contributed by atoms with Crippen molar-refractivity contribution in [3.05, 3.63) is 71.8 Å². The summed E-state index contributed by atoms with van der Waals surface area (Å²) in [7, 11) is -4.25. The lowest BCUT2D eigenvalue weighted by Gasteiger charge is -2.36. The van der Waals surface area contributed by atoms with E-state index >= 15 is 0 Å². The number of sulfonamides is 1. The van der Waals surface area contributed by atoms with Gasteiger partial charge >= 0.3 is 0 Å². The number of fused-ring (bicyclic) bond motifs is 1. The molecule has 8 nitrogen and oxygen atoms in total. The molecule has 2 amide bonds. The zero-order valence-electron chi connectivity index (χ0n) is 21.4. The Hall–Kier alpha value is -3.27. The van der Waals surface area contributed by atoms with Crippen LogP contribution in [-0.2, 0) is 14.8 Å². The molecule has 4 N–H and O–H groups in total. The number of nitrogens with two attached hydrogens (primary N) is 1. The molecule has 4 rings (SSSR count). The van der Waals surface area contributed by atoms with Gasteiger partial charge in [0.1, 0.15) is 0 Å². The second-order valence-electron chi connectivity index (χ2n) is 9.82. The maximum absolute atomic E-state index is 14.2. The second kappa shape index (κ2) is 11.0. The summed E-state index contributed by atoms with van der Waals surface area (Å²) in [6.45, 7) is 6.70. The number of benzene rings is 3. The van der Waals surface area contributed by atoms with E-state index in [4.69, 9.17) is 5.73 Å². The number of anilines is 1. The number of nitrogens with zero attached hydrogens (tertiary/aromatic N) is 1. The summed E-state index contributed by atoms with van der Waals surface area (Å²) in [5.41, 5.74) is 8.04. The summed E-state index contributed by atoms with van der Waals surface area (Å²) < 4.78 is 29.3. The second-order valence-corrected chi connectivity index (χ2v) is 11.6. The van der Waals surface area contributed by atoms with Crippen LogP contribution in [0.4, 0.5) is 5.69 Å². The van der Waals surface area contributed by atoms with Gasteiger partial charge in [0.05, 0.1) is 17.0 Å². The molecule has 0 aliphatic carbocycles. The fraction of sp³-hybridized carbons (Fsp3) is 0.357. The highest BCUT2D eigenvalue weighted by atomic mass is 32.2. The van der Waals surface area contributed by atoms with Crippen molar-refractivity contribution in [2.24, 2.45) is 11.7 Å². The molecular formula is C28H34N4O4S. The summed E-state index contributed by atoms with van der Waals surface area (Å²) in [4.78, 5) is 26.5. The fourth-order valence-corrected chi connectivity index (χ4v) is 6.57. The van der Waals surface area contributed by atoms with E-state index in [9.17, 15) is 18.0 Å². The molecular weight excluding hydrogens is 488 g/mol. The zero-order valence-corrected chi connectivity index (χ0v) is 22.2. The van der Waals surface area contributed by atoms with Gasteiger partial charge in [-0.15, -0.1) is 0 Å². The summed E-state index contributed by atoms with van der Waals surface area (Å²) in [5.74, 6) is -1.10. The molecule has 0 bridgehead atoms. The first-order valence-corrected chi connectivity index (χ1v) is 14.0. The Morgan fingerprint density at radius 2 is 1.59 bits per heavy atom. The molecule has 3 aromatic carbocycles. The number of hydrogen-bond donors (Lipinski definition) is 3. The third kappa shape index (κ3) is 5.39. The van der Waals surface area contributed by atoms with Crippen LogP contribution in [0.25, 0.3) is 10.8 Å². The van der Waals surface area contributed by atoms with E-state index < -0.39 is 28.0 Å². The van der Waals surface area contributed by atoms with Gasteiger partial charge in [-0.25, -0.2) is 12.7 Å². The molecule has 1 heterocycles. The van der Waals surface area contributed by atoms with Gasteiger partial charge in [0.15, 0.2) is 0 Å². The number of piperidine rings is 1. The molecule has 0 aromatic heterocycles. The first kappa shape index (κ1) is 26.8. The number of carbonyl (C=O) groups excluding carboxylic acids is 2. The van der Waals surface area contributed by atoms with Crippen LogP contribution in [0, 0.1) is 12.8 Å². The Kier molecular flexibility index (Phi) is 7.96. The predicted octanol–water partition coefficient (Wildman–Crippen LogP) is 3.65. The summed E-state index contributed by atoms with van der Waals surface area (Å²) in [5, 5.41) is 7.14. The number of rotatable bonds is 7. The Balaban J connectivity index is 1.79. The molecule has 3 aromatic rings. The maximum atomic E-state index is 14.2. The Morgan fingerprint density at radius 3 is 2.24 bits per heavy atom. The molecule has 1 unspecified atom stereocenters. The lowest BCUT2D eigenvalue weighted by Crippen LogP contribution is -2.55. The summed E-state index contributed by atoms with van der Waals surface area (Å²) >= 11 is 0. The quantitative estimate of drug-likeness (QED) is 0.435. The van der Waals surface area contributed by atoms with E-state index in [0.717, 1.165) is 9.87 Å². The predicted molar refractivity (Wildman–Crippen MR) is 146 cm³/mol. The van der Waals surface area contributed by atoms with Crippen LogP contribution < -0.4 is 16.4 Å². The number of aryl methyl sites for hydroxylation is 1. The van der Waals surface area contributed by atoms with Crippen LogP contribution in [0.2, 0.25) is 0 Å². The van der Waals surface area contributed by atoms with E-state index in [1.807, 2.05) is 19.1 Å². The normalized spacial score (nSPS) is 15.5. The molecule has 1 aliphatic rings. The van der Waals surface area contributed by atoms with E-state index in [2.05, 4.69) is 10.6 Å². The van der Waals surface area contributed by atoms with E-state index in [0.29, 0.717) is 48.0 Å². The molecule has 0 spiro atoms. The van der Waals surface area contributed by atoms with Gasteiger partial charge in [-0.2, -0.15) is 0 Å². The topological polar surface area (TPSA) is 122 Å². The van der Waals surface area contributed by atoms with E-state index in [1.165, 1.54) is 6.07 Å². The van der Waals surface area contributed by atoms with Gasteiger partial charge < -0.3 is 16.4 Å². The van der Waals surface area contributed by atoms with Crippen LogP contribution in [0.1, 0.15) is 42.6 Å². The minimum absolute atomic E-state index is 0.0137. The van der Waals surface area contributed by atoms with Crippen molar-refractivity contribution in [1.29, 1.82) is 0 Å². The highest BCUT2D eigenvalue weighted by Crippen LogP contribution is 2.33. The highest BCUT2D eigenvalue weighted by Gasteiger charge is 2.40. The number of nitrogens with one attached hydrogen (secondary N) is 2. The standard InChI is InChI=1S/C28H34N4O4S/c1-18(2)26(29)28(34)32(20-14-16-30-17-15-20)37(35,36)25-13-12-24(22-10-6-7-11-23(22)25)31-27(33)21-9-5-4-8-19(21)3/h4-13,18,20,26,30H,14-17,29H2,1-3H3,(H,31,33). The monoisotopic (exact) mass is 522 g/mol. The number of carbonyl (C=O) groups is 2. The van der Waals surface area contributed by atoms with Gasteiger partial charge in [-0.1, -0.05) is 56.3 Å². The molecule has 1 fully saturated rings. The van der Waals surface area contributed by atoms with Crippen molar-refractivity contribution in [2.75, 3.05) is 18.4 Å². The van der Waals surface area contributed by atoms with Gasteiger partial charge in [-0.05, 0) is 62.5 Å². The Bertz CT molecular complexity index is 1410. The molecule has 37 heavy (non-hydrogen) atoms. The van der Waals surface area contributed by atoms with E-state index in [-0.39, 0.29) is 16.7 Å². The molecule has 0 radical (unpaired) electrons. The Labute approximate surface area is 218 Å². The molecule has 196 valence electrons. The maximum Gasteiger partial charge on any atom is 0.267 e. The number of hydrogen-bond acceptors (Lipinski definition) is 6. The van der Waals surface area contributed by atoms with Crippen LogP contribution in [0.15, 0.2) is 65.6 Å². The van der Waals surface area contributed by atoms with Crippen LogP contribution in [0.5, 0.6) is 0 Å². The smallest absolute Gasteiger partial charge is 0.267 e. The third-order valence-corrected chi connectivity index (χ3v) is 8.83. The van der Waals surface area contributed by atoms with Crippen LogP contribution >= 0.6 is 0 Å². The van der Waals surface area contributed by atoms with Crippen molar-refractivity contribution >= 4 is 38.3 Å². The average molecular weight is 523 g/mol. The van der Waals surface area contributed by atoms with Crippen molar-refractivity contribution in [3.63, 3.8) is 0 Å². The van der Waals surface area contributed by atoms with Crippen LogP contribution in [0.3, 0.4) is 0 Å². The minimum atomic E-state index is -4.25. The average Bonchev–Trinajstić information content (AvgIpc) is 2.89. The largest absolute Gasteiger partial charge is 0.321 e. The molecule has 1 saturated heterocycles. The Morgan fingerprint density at radius 1 is 0.973 bits per heavy atom. The third-order valence-electron chi connectivity index (χ3n) is 6.92. The van der Waals surface area contributed by atoms with Gasteiger partial charge in [0, 0.05) is 22.0 Å². The lowest BCUT2D eigenvalue weighted by atomic mass is 10.0. The molecule has 0 saturated carbocycles. The molecule has 1 aliphatic heterocycles. The van der Waals surface area contributed by atoms with Gasteiger partial charge in [0.2, 0.25) is 0 Å². The summed E-state index contributed by atoms with van der Waals surface area (Å²) in [6, 6.07) is 15.9. The number of amides is 2. The van der Waals surface area contributed by atoms with Gasteiger partial charge in [0.25, 0.3) is 21.8 Å². The molecule has 1 atom stereocenters. The summed E-state index contributed by atoms with van der Waals surface area (Å²) in [6.07, 6.45) is 1.02. The van der Waals surface area contributed by atoms with Crippen molar-refractivity contribution < 1.29 is 18.0 Å². The van der Waals surface area contributed by atoms with Crippen LogP contribution in [-0.4, -0.2) is 49.7 Å². The van der Waals surface area contributed by atoms with Crippen molar-refractivity contribution in [3.8, 4) is 0 Å². The highest BCUT2D eigenvalue weighted by molar-refractivity contribution is 7.90. The zero-order chi connectivity index (χ0) is 26.7. The van der Waals surface area contributed by atoms with Crippen molar-refractivity contribution in [2.45, 2.75) is 50.6 Å². The SMILES string of the molecule is Cc1ccccc1C(=O)Nc1ccc(S(=O)(=O)N(C(=O)C(N)C(C)C)C2CCNCC2)c2ccccc12. The van der Waals surface area contributed by atoms with E-state index in [1.54, 1.807) is 56.3 Å². The minimum Gasteiger partial charge on any atom is -0.321 e. The van der Waals surface area contributed by atoms with Crippen molar-refractivity contribution in [1.82, 2.24) is 9.62 Å². The first-order valence-electron chi connectivity index (χ1n) is 12.6. The lowest BCUT2D eigenvalue weighted by molar-refractivity contribution is -0.130. The van der Waals surface area contributed by atoms with Gasteiger partial charge in [-0.3, -0.25) is 9.59 Å².